The third kappa shape index (κ3) is 2.13. The van der Waals surface area contributed by atoms with Crippen LogP contribution in [0.3, 0.4) is 0 Å². The summed E-state index contributed by atoms with van der Waals surface area (Å²) >= 11 is 0. The molecule has 1 aromatic heterocycles. The standard InChI is InChI=1S/C10H16N2O3/c1-7-2-3-12(4-9(7)14)10-11-8(5-13)6-15-10/h6-7,9,13-14H,2-5H2,1H3. The van der Waals surface area contributed by atoms with Crippen LogP contribution in [0.25, 0.3) is 0 Å². The predicted molar refractivity (Wildman–Crippen MR) is 54.4 cm³/mol. The molecule has 0 amide bonds. The highest BCUT2D eigenvalue weighted by atomic mass is 16.4. The highest BCUT2D eigenvalue weighted by Crippen LogP contribution is 2.22. The summed E-state index contributed by atoms with van der Waals surface area (Å²) in [5, 5.41) is 18.6. The molecule has 1 saturated heterocycles. The van der Waals surface area contributed by atoms with E-state index in [4.69, 9.17) is 9.52 Å². The van der Waals surface area contributed by atoms with Crippen molar-refractivity contribution in [1.82, 2.24) is 4.98 Å². The second kappa shape index (κ2) is 4.20. The molecule has 0 saturated carbocycles. The molecule has 1 aliphatic rings. The highest BCUT2D eigenvalue weighted by molar-refractivity contribution is 5.28. The average Bonchev–Trinajstić information content (AvgIpc) is 2.70. The minimum absolute atomic E-state index is 0.115. The Morgan fingerprint density at radius 1 is 1.67 bits per heavy atom. The van der Waals surface area contributed by atoms with Gasteiger partial charge in [0.25, 0.3) is 6.01 Å². The van der Waals surface area contributed by atoms with Crippen LogP contribution in [0.15, 0.2) is 10.7 Å². The molecule has 2 N–H and O–H groups in total. The number of nitrogens with zero attached hydrogens (tertiary/aromatic N) is 2. The lowest BCUT2D eigenvalue weighted by molar-refractivity contribution is 0.101. The van der Waals surface area contributed by atoms with Crippen LogP contribution in [-0.2, 0) is 6.61 Å². The largest absolute Gasteiger partial charge is 0.432 e. The van der Waals surface area contributed by atoms with Crippen molar-refractivity contribution in [2.24, 2.45) is 5.92 Å². The maximum absolute atomic E-state index is 9.71. The van der Waals surface area contributed by atoms with Crippen molar-refractivity contribution in [3.8, 4) is 0 Å². The molecule has 1 fully saturated rings. The molecule has 0 aromatic carbocycles. The minimum atomic E-state index is -0.330. The third-order valence-corrected chi connectivity index (χ3v) is 2.89. The fourth-order valence-corrected chi connectivity index (χ4v) is 1.74. The smallest absolute Gasteiger partial charge is 0.297 e. The fraction of sp³-hybridized carbons (Fsp3) is 0.700. The Kier molecular flexibility index (Phi) is 2.93. The van der Waals surface area contributed by atoms with Gasteiger partial charge < -0.3 is 19.5 Å². The van der Waals surface area contributed by atoms with Crippen LogP contribution in [-0.4, -0.2) is 34.4 Å². The van der Waals surface area contributed by atoms with Crippen LogP contribution in [0.1, 0.15) is 19.0 Å². The third-order valence-electron chi connectivity index (χ3n) is 2.89. The van der Waals surface area contributed by atoms with Gasteiger partial charge in [0.1, 0.15) is 12.0 Å². The first-order chi connectivity index (χ1) is 7.20. The van der Waals surface area contributed by atoms with Gasteiger partial charge in [-0.1, -0.05) is 6.92 Å². The van der Waals surface area contributed by atoms with Crippen LogP contribution in [0.5, 0.6) is 0 Å². The maximum Gasteiger partial charge on any atom is 0.297 e. The molecule has 0 radical (unpaired) electrons. The lowest BCUT2D eigenvalue weighted by Gasteiger charge is -2.33. The number of aliphatic hydroxyl groups excluding tert-OH is 2. The molecule has 2 unspecified atom stereocenters. The number of β-amino-alcohol motifs (C(OH)–C–C–N with tert-alkyl or cyclic N) is 1. The zero-order chi connectivity index (χ0) is 10.8. The lowest BCUT2D eigenvalue weighted by Crippen LogP contribution is -2.43. The van der Waals surface area contributed by atoms with Crippen molar-refractivity contribution in [3.63, 3.8) is 0 Å². The molecule has 2 rings (SSSR count). The molecule has 1 aliphatic heterocycles. The van der Waals surface area contributed by atoms with Gasteiger partial charge in [-0.3, -0.25) is 0 Å². The average molecular weight is 212 g/mol. The van der Waals surface area contributed by atoms with Crippen LogP contribution in [0.4, 0.5) is 6.01 Å². The van der Waals surface area contributed by atoms with Gasteiger partial charge in [-0.2, -0.15) is 4.98 Å². The Labute approximate surface area is 88.3 Å². The summed E-state index contributed by atoms with van der Waals surface area (Å²) in [6.45, 7) is 3.31. The molecule has 5 heteroatoms. The van der Waals surface area contributed by atoms with E-state index in [9.17, 15) is 5.11 Å². The number of aliphatic hydroxyl groups is 2. The summed E-state index contributed by atoms with van der Waals surface area (Å²) in [6, 6.07) is 0.491. The topological polar surface area (TPSA) is 69.7 Å². The Balaban J connectivity index is 2.05. The van der Waals surface area contributed by atoms with Gasteiger partial charge in [-0.05, 0) is 12.3 Å². The van der Waals surface area contributed by atoms with Crippen LogP contribution < -0.4 is 4.90 Å². The van der Waals surface area contributed by atoms with E-state index in [0.29, 0.717) is 24.2 Å². The van der Waals surface area contributed by atoms with Gasteiger partial charge in [-0.25, -0.2) is 0 Å². The molecule has 15 heavy (non-hydrogen) atoms. The SMILES string of the molecule is CC1CCN(c2nc(CO)co2)CC1O. The minimum Gasteiger partial charge on any atom is -0.432 e. The molecule has 0 spiro atoms. The van der Waals surface area contributed by atoms with Crippen molar-refractivity contribution in [3.05, 3.63) is 12.0 Å². The molecule has 0 aliphatic carbocycles. The first-order valence-electron chi connectivity index (χ1n) is 5.19. The lowest BCUT2D eigenvalue weighted by atomic mass is 9.96. The molecule has 1 aromatic rings. The fourth-order valence-electron chi connectivity index (χ4n) is 1.74. The van der Waals surface area contributed by atoms with Crippen molar-refractivity contribution in [2.75, 3.05) is 18.0 Å². The summed E-state index contributed by atoms with van der Waals surface area (Å²) in [6.07, 6.45) is 2.04. The molecule has 2 heterocycles. The first-order valence-corrected chi connectivity index (χ1v) is 5.19. The molecule has 5 nitrogen and oxygen atoms in total. The molecule has 0 bridgehead atoms. The Morgan fingerprint density at radius 2 is 2.47 bits per heavy atom. The van der Waals surface area contributed by atoms with Crippen LogP contribution >= 0.6 is 0 Å². The first kappa shape index (κ1) is 10.4. The predicted octanol–water partition coefficient (Wildman–Crippen LogP) is 0.374. The summed E-state index contributed by atoms with van der Waals surface area (Å²) in [5.41, 5.74) is 0.526. The monoisotopic (exact) mass is 212 g/mol. The Bertz CT molecular complexity index is 326. The van der Waals surface area contributed by atoms with Gasteiger partial charge in [-0.15, -0.1) is 0 Å². The molecular weight excluding hydrogens is 196 g/mol. The molecule has 84 valence electrons. The normalized spacial score (nSPS) is 27.0. The van der Waals surface area contributed by atoms with E-state index in [1.54, 1.807) is 0 Å². The van der Waals surface area contributed by atoms with Gasteiger partial charge in [0, 0.05) is 13.1 Å². The van der Waals surface area contributed by atoms with Gasteiger partial charge in [0.2, 0.25) is 0 Å². The zero-order valence-corrected chi connectivity index (χ0v) is 8.76. The van der Waals surface area contributed by atoms with Crippen molar-refractivity contribution < 1.29 is 14.6 Å². The van der Waals surface area contributed by atoms with E-state index >= 15 is 0 Å². The van der Waals surface area contributed by atoms with Gasteiger partial charge in [0.15, 0.2) is 0 Å². The Hall–Kier alpha value is -1.07. The maximum atomic E-state index is 9.71. The summed E-state index contributed by atoms with van der Waals surface area (Å²) in [5.74, 6) is 0.327. The number of piperidine rings is 1. The van der Waals surface area contributed by atoms with E-state index in [0.717, 1.165) is 13.0 Å². The number of rotatable bonds is 2. The number of oxazole rings is 1. The van der Waals surface area contributed by atoms with E-state index in [2.05, 4.69) is 4.98 Å². The second-order valence-electron chi connectivity index (χ2n) is 4.06. The van der Waals surface area contributed by atoms with E-state index in [1.165, 1.54) is 6.26 Å². The number of aromatic nitrogens is 1. The summed E-state index contributed by atoms with van der Waals surface area (Å²) in [7, 11) is 0. The zero-order valence-electron chi connectivity index (χ0n) is 8.76. The number of anilines is 1. The highest BCUT2D eigenvalue weighted by Gasteiger charge is 2.26. The summed E-state index contributed by atoms with van der Waals surface area (Å²) in [4.78, 5) is 6.02. The van der Waals surface area contributed by atoms with Crippen molar-refractivity contribution in [1.29, 1.82) is 0 Å². The van der Waals surface area contributed by atoms with E-state index in [-0.39, 0.29) is 12.7 Å². The van der Waals surface area contributed by atoms with Crippen LogP contribution in [0, 0.1) is 5.92 Å². The number of hydrogen-bond donors (Lipinski definition) is 2. The molecule has 2 atom stereocenters. The molecular formula is C10H16N2O3. The van der Waals surface area contributed by atoms with Crippen molar-refractivity contribution >= 4 is 6.01 Å². The quantitative estimate of drug-likeness (QED) is 0.741. The summed E-state index contributed by atoms with van der Waals surface area (Å²) < 4.78 is 5.22. The van der Waals surface area contributed by atoms with E-state index in [1.807, 2.05) is 11.8 Å². The van der Waals surface area contributed by atoms with Gasteiger partial charge in [0.05, 0.1) is 12.7 Å². The van der Waals surface area contributed by atoms with Gasteiger partial charge >= 0.3 is 0 Å². The van der Waals surface area contributed by atoms with E-state index < -0.39 is 0 Å². The second-order valence-corrected chi connectivity index (χ2v) is 4.06. The van der Waals surface area contributed by atoms with Crippen molar-refractivity contribution in [2.45, 2.75) is 26.1 Å². The Morgan fingerprint density at radius 3 is 3.07 bits per heavy atom. The number of hydrogen-bond acceptors (Lipinski definition) is 5. The van der Waals surface area contributed by atoms with Crippen LogP contribution in [0.2, 0.25) is 0 Å².